The lowest BCUT2D eigenvalue weighted by Crippen LogP contribution is -2.46. The Hall–Kier alpha value is -0.420. The standard InChI is InChI=1S/C10H16F2N2O.ClH/c11-10(12)3-8(4-10)9(15)14-6-7-1-2-13-5-7;/h7-8,13H,1-6H2,(H,14,15);1H. The van der Waals surface area contributed by atoms with Crippen molar-refractivity contribution in [1.82, 2.24) is 10.6 Å². The Morgan fingerprint density at radius 1 is 1.44 bits per heavy atom. The third kappa shape index (κ3) is 3.28. The van der Waals surface area contributed by atoms with Gasteiger partial charge >= 0.3 is 0 Å². The van der Waals surface area contributed by atoms with E-state index in [9.17, 15) is 13.6 Å². The molecule has 0 aromatic carbocycles. The average molecular weight is 255 g/mol. The van der Waals surface area contributed by atoms with Crippen LogP contribution in [-0.4, -0.2) is 31.5 Å². The molecule has 1 saturated carbocycles. The number of carbonyl (C=O) groups excluding carboxylic acids is 1. The molecule has 2 rings (SSSR count). The van der Waals surface area contributed by atoms with Crippen LogP contribution in [0.25, 0.3) is 0 Å². The molecule has 1 aliphatic heterocycles. The Balaban J connectivity index is 0.00000128. The Labute approximate surface area is 99.8 Å². The van der Waals surface area contributed by atoms with Crippen molar-refractivity contribution >= 4 is 18.3 Å². The predicted molar refractivity (Wildman–Crippen MR) is 58.9 cm³/mol. The molecule has 16 heavy (non-hydrogen) atoms. The molecule has 6 heteroatoms. The fourth-order valence-electron chi connectivity index (χ4n) is 2.12. The highest BCUT2D eigenvalue weighted by Gasteiger charge is 2.48. The highest BCUT2D eigenvalue weighted by Crippen LogP contribution is 2.42. The predicted octanol–water partition coefficient (Wildman–Crippen LogP) is 1.18. The average Bonchev–Trinajstić information content (AvgIpc) is 2.62. The number of rotatable bonds is 3. The molecule has 2 N–H and O–H groups in total. The summed E-state index contributed by atoms with van der Waals surface area (Å²) in [6.07, 6.45) is 0.505. The molecule has 0 radical (unpaired) electrons. The van der Waals surface area contributed by atoms with Gasteiger partial charge in [-0.3, -0.25) is 4.79 Å². The fourth-order valence-corrected chi connectivity index (χ4v) is 2.12. The maximum atomic E-state index is 12.5. The summed E-state index contributed by atoms with van der Waals surface area (Å²) in [5.41, 5.74) is 0. The van der Waals surface area contributed by atoms with Crippen LogP contribution in [0.4, 0.5) is 8.78 Å². The summed E-state index contributed by atoms with van der Waals surface area (Å²) < 4.78 is 25.0. The van der Waals surface area contributed by atoms with Crippen LogP contribution in [0.3, 0.4) is 0 Å². The highest BCUT2D eigenvalue weighted by atomic mass is 35.5. The molecule has 1 atom stereocenters. The molecule has 1 amide bonds. The quantitative estimate of drug-likeness (QED) is 0.794. The van der Waals surface area contributed by atoms with Gasteiger partial charge in [-0.05, 0) is 25.4 Å². The molecule has 2 aliphatic rings. The van der Waals surface area contributed by atoms with E-state index in [1.165, 1.54) is 0 Å². The van der Waals surface area contributed by atoms with Gasteiger partial charge in [-0.1, -0.05) is 0 Å². The second-order valence-electron chi connectivity index (χ2n) is 4.57. The van der Waals surface area contributed by atoms with E-state index in [2.05, 4.69) is 10.6 Å². The molecule has 0 bridgehead atoms. The van der Waals surface area contributed by atoms with E-state index in [-0.39, 0.29) is 31.2 Å². The molecule has 0 aromatic heterocycles. The summed E-state index contributed by atoms with van der Waals surface area (Å²) >= 11 is 0. The van der Waals surface area contributed by atoms with Gasteiger partial charge in [0.1, 0.15) is 0 Å². The first-order valence-corrected chi connectivity index (χ1v) is 5.43. The van der Waals surface area contributed by atoms with E-state index in [0.717, 1.165) is 19.5 Å². The van der Waals surface area contributed by atoms with E-state index in [0.29, 0.717) is 12.5 Å². The lowest BCUT2D eigenvalue weighted by atomic mass is 9.80. The van der Waals surface area contributed by atoms with Crippen LogP contribution in [0.15, 0.2) is 0 Å². The van der Waals surface area contributed by atoms with Crippen molar-refractivity contribution in [3.63, 3.8) is 0 Å². The number of hydrogen-bond acceptors (Lipinski definition) is 2. The zero-order chi connectivity index (χ0) is 10.9. The Morgan fingerprint density at radius 2 is 2.12 bits per heavy atom. The van der Waals surface area contributed by atoms with E-state index in [1.807, 2.05) is 0 Å². The summed E-state index contributed by atoms with van der Waals surface area (Å²) in [7, 11) is 0. The minimum Gasteiger partial charge on any atom is -0.356 e. The number of hydrogen-bond donors (Lipinski definition) is 2. The zero-order valence-corrected chi connectivity index (χ0v) is 9.79. The van der Waals surface area contributed by atoms with E-state index < -0.39 is 11.8 Å². The monoisotopic (exact) mass is 254 g/mol. The smallest absolute Gasteiger partial charge is 0.249 e. The first kappa shape index (κ1) is 13.6. The van der Waals surface area contributed by atoms with Gasteiger partial charge < -0.3 is 10.6 Å². The van der Waals surface area contributed by atoms with Crippen molar-refractivity contribution in [2.75, 3.05) is 19.6 Å². The van der Waals surface area contributed by atoms with Gasteiger partial charge in [0.2, 0.25) is 11.8 Å². The fraction of sp³-hybridized carbons (Fsp3) is 0.900. The van der Waals surface area contributed by atoms with Gasteiger partial charge in [0, 0.05) is 25.3 Å². The molecule has 2 fully saturated rings. The van der Waals surface area contributed by atoms with Crippen molar-refractivity contribution in [3.05, 3.63) is 0 Å². The van der Waals surface area contributed by atoms with Crippen molar-refractivity contribution in [2.45, 2.75) is 25.2 Å². The Morgan fingerprint density at radius 3 is 2.62 bits per heavy atom. The first-order chi connectivity index (χ1) is 7.07. The molecule has 1 aliphatic carbocycles. The number of nitrogens with one attached hydrogen (secondary N) is 2. The summed E-state index contributed by atoms with van der Waals surface area (Å²) in [5, 5.41) is 5.95. The van der Waals surface area contributed by atoms with Gasteiger partial charge in [-0.15, -0.1) is 12.4 Å². The van der Waals surface area contributed by atoms with Crippen LogP contribution in [0, 0.1) is 11.8 Å². The molecule has 0 aromatic rings. The van der Waals surface area contributed by atoms with E-state index in [4.69, 9.17) is 0 Å². The Bertz CT molecular complexity index is 249. The topological polar surface area (TPSA) is 41.1 Å². The molecule has 1 saturated heterocycles. The summed E-state index contributed by atoms with van der Waals surface area (Å²) in [4.78, 5) is 11.4. The van der Waals surface area contributed by atoms with Gasteiger partial charge in [0.15, 0.2) is 0 Å². The second kappa shape index (κ2) is 5.27. The molecule has 1 heterocycles. The molecule has 1 unspecified atom stereocenters. The highest BCUT2D eigenvalue weighted by molar-refractivity contribution is 5.85. The van der Waals surface area contributed by atoms with Crippen molar-refractivity contribution in [2.24, 2.45) is 11.8 Å². The molecular formula is C10H17ClF2N2O. The molecule has 94 valence electrons. The van der Waals surface area contributed by atoms with Crippen LogP contribution in [-0.2, 0) is 4.79 Å². The lowest BCUT2D eigenvalue weighted by molar-refractivity contribution is -0.150. The molecule has 3 nitrogen and oxygen atoms in total. The minimum atomic E-state index is -2.60. The normalized spacial score (nSPS) is 28.0. The van der Waals surface area contributed by atoms with Gasteiger partial charge in [-0.25, -0.2) is 8.78 Å². The molecule has 0 spiro atoms. The van der Waals surface area contributed by atoms with Gasteiger partial charge in [-0.2, -0.15) is 0 Å². The zero-order valence-electron chi connectivity index (χ0n) is 8.97. The van der Waals surface area contributed by atoms with Gasteiger partial charge in [0.25, 0.3) is 0 Å². The number of alkyl halides is 2. The van der Waals surface area contributed by atoms with E-state index >= 15 is 0 Å². The van der Waals surface area contributed by atoms with Gasteiger partial charge in [0.05, 0.1) is 0 Å². The van der Waals surface area contributed by atoms with Crippen LogP contribution < -0.4 is 10.6 Å². The summed E-state index contributed by atoms with van der Waals surface area (Å²) in [6.45, 7) is 2.52. The van der Waals surface area contributed by atoms with Crippen LogP contribution in [0.2, 0.25) is 0 Å². The largest absolute Gasteiger partial charge is 0.356 e. The Kier molecular flexibility index (Phi) is 4.50. The summed E-state index contributed by atoms with van der Waals surface area (Å²) in [5.74, 6) is -2.80. The van der Waals surface area contributed by atoms with Crippen molar-refractivity contribution in [1.29, 1.82) is 0 Å². The number of carbonyl (C=O) groups is 1. The third-order valence-corrected chi connectivity index (χ3v) is 3.19. The first-order valence-electron chi connectivity index (χ1n) is 5.43. The lowest BCUT2D eigenvalue weighted by Gasteiger charge is -2.33. The third-order valence-electron chi connectivity index (χ3n) is 3.19. The van der Waals surface area contributed by atoms with Crippen molar-refractivity contribution in [3.8, 4) is 0 Å². The van der Waals surface area contributed by atoms with Crippen LogP contribution >= 0.6 is 12.4 Å². The second-order valence-corrected chi connectivity index (χ2v) is 4.57. The van der Waals surface area contributed by atoms with Crippen molar-refractivity contribution < 1.29 is 13.6 Å². The minimum absolute atomic E-state index is 0. The summed E-state index contributed by atoms with van der Waals surface area (Å²) in [6, 6.07) is 0. The maximum Gasteiger partial charge on any atom is 0.249 e. The van der Waals surface area contributed by atoms with Crippen LogP contribution in [0.1, 0.15) is 19.3 Å². The number of amides is 1. The SMILES string of the molecule is Cl.O=C(NCC1CCNC1)C1CC(F)(F)C1. The maximum absolute atomic E-state index is 12.5. The molecular weight excluding hydrogens is 238 g/mol. The number of halogens is 3. The van der Waals surface area contributed by atoms with Crippen LogP contribution in [0.5, 0.6) is 0 Å². The van der Waals surface area contributed by atoms with E-state index in [1.54, 1.807) is 0 Å².